The summed E-state index contributed by atoms with van der Waals surface area (Å²) in [7, 11) is 0. The number of amides is 1. The maximum atomic E-state index is 12.0. The Balaban J connectivity index is 1.71. The number of nitrogens with one attached hydrogen (secondary N) is 1. The van der Waals surface area contributed by atoms with E-state index in [-0.39, 0.29) is 12.3 Å². The first-order valence-electron chi connectivity index (χ1n) is 9.26. The number of benzene rings is 1. The molecule has 0 bridgehead atoms. The Labute approximate surface area is 171 Å². The fourth-order valence-electron chi connectivity index (χ4n) is 3.63. The van der Waals surface area contributed by atoms with Crippen LogP contribution in [-0.4, -0.2) is 38.4 Å². The van der Waals surface area contributed by atoms with Gasteiger partial charge in [0.05, 0.1) is 24.4 Å². The van der Waals surface area contributed by atoms with Crippen molar-refractivity contribution in [2.75, 3.05) is 11.9 Å². The Kier molecular flexibility index (Phi) is 5.26. The van der Waals surface area contributed by atoms with Crippen molar-refractivity contribution in [2.24, 2.45) is 0 Å². The van der Waals surface area contributed by atoms with Gasteiger partial charge in [-0.3, -0.25) is 9.59 Å². The van der Waals surface area contributed by atoms with Crippen LogP contribution in [0.4, 0.5) is 5.82 Å². The molecular formula is C21H20N4O3S. The van der Waals surface area contributed by atoms with E-state index < -0.39 is 12.0 Å². The van der Waals surface area contributed by atoms with Crippen molar-refractivity contribution in [3.63, 3.8) is 0 Å². The third kappa shape index (κ3) is 3.84. The largest absolute Gasteiger partial charge is 0.481 e. The average molecular weight is 408 g/mol. The van der Waals surface area contributed by atoms with Crippen LogP contribution in [0.15, 0.2) is 49.3 Å². The summed E-state index contributed by atoms with van der Waals surface area (Å²) in [6.07, 6.45) is 3.46. The Morgan fingerprint density at radius 3 is 2.83 bits per heavy atom. The second kappa shape index (κ2) is 8.00. The molecule has 2 N–H and O–H groups in total. The lowest BCUT2D eigenvalue weighted by atomic mass is 10.0. The van der Waals surface area contributed by atoms with Gasteiger partial charge in [0.15, 0.2) is 0 Å². The highest BCUT2D eigenvalue weighted by molar-refractivity contribution is 7.19. The van der Waals surface area contributed by atoms with Crippen LogP contribution in [0, 0.1) is 0 Å². The highest BCUT2D eigenvalue weighted by Gasteiger charge is 2.26. The Hall–Kier alpha value is -3.26. The highest BCUT2D eigenvalue weighted by Crippen LogP contribution is 2.38. The molecule has 0 unspecified atom stereocenters. The molecule has 0 fully saturated rings. The topological polar surface area (TPSA) is 95.4 Å². The zero-order valence-electron chi connectivity index (χ0n) is 15.7. The summed E-state index contributed by atoms with van der Waals surface area (Å²) in [5.74, 6) is -0.336. The molecule has 0 radical (unpaired) electrons. The Morgan fingerprint density at radius 1 is 1.31 bits per heavy atom. The summed E-state index contributed by atoms with van der Waals surface area (Å²) < 4.78 is 0. The molecular weight excluding hydrogens is 388 g/mol. The number of hydrogen-bond acceptors (Lipinski definition) is 6. The number of anilines is 1. The number of hydrogen-bond donors (Lipinski definition) is 2. The van der Waals surface area contributed by atoms with E-state index in [2.05, 4.69) is 21.9 Å². The minimum atomic E-state index is -0.887. The van der Waals surface area contributed by atoms with Gasteiger partial charge in [0.25, 0.3) is 0 Å². The van der Waals surface area contributed by atoms with Crippen LogP contribution in [0.2, 0.25) is 0 Å². The smallest absolute Gasteiger partial charge is 0.305 e. The van der Waals surface area contributed by atoms with Crippen molar-refractivity contribution < 1.29 is 14.7 Å². The summed E-state index contributed by atoms with van der Waals surface area (Å²) >= 11 is 1.55. The lowest BCUT2D eigenvalue weighted by molar-refractivity contribution is -0.137. The first-order valence-corrected chi connectivity index (χ1v) is 10.1. The quantitative estimate of drug-likeness (QED) is 0.607. The fraction of sp³-hybridized carbons (Fsp3) is 0.238. The predicted molar refractivity (Wildman–Crippen MR) is 112 cm³/mol. The number of thiophene rings is 1. The molecule has 8 heteroatoms. The molecule has 0 spiro atoms. The van der Waals surface area contributed by atoms with Crippen LogP contribution in [0.3, 0.4) is 0 Å². The SMILES string of the molecule is C=CC(=O)N1CCc2c(sc3ncnc(N[C@H](CC(=O)O)c4ccccc4)c23)C1. The number of carbonyl (C=O) groups is 2. The highest BCUT2D eigenvalue weighted by atomic mass is 32.1. The van der Waals surface area contributed by atoms with Gasteiger partial charge in [-0.25, -0.2) is 9.97 Å². The van der Waals surface area contributed by atoms with E-state index in [1.165, 1.54) is 12.4 Å². The minimum Gasteiger partial charge on any atom is -0.481 e. The molecule has 1 aromatic carbocycles. The molecule has 3 aromatic rings. The standard InChI is InChI=1S/C21H20N4O3S/c1-2-17(26)25-9-8-14-16(11-25)29-21-19(14)20(22-12-23-21)24-15(10-18(27)28)13-6-4-3-5-7-13/h2-7,12,15H,1,8-11H2,(H,27,28)(H,22,23,24)/t15-/m1/s1. The summed E-state index contributed by atoms with van der Waals surface area (Å²) in [6.45, 7) is 4.70. The lowest BCUT2D eigenvalue weighted by Crippen LogP contribution is -2.34. The van der Waals surface area contributed by atoms with E-state index >= 15 is 0 Å². The van der Waals surface area contributed by atoms with Crippen molar-refractivity contribution in [1.29, 1.82) is 0 Å². The van der Waals surface area contributed by atoms with E-state index in [1.54, 1.807) is 16.2 Å². The van der Waals surface area contributed by atoms with Crippen LogP contribution in [0.25, 0.3) is 10.2 Å². The summed E-state index contributed by atoms with van der Waals surface area (Å²) in [4.78, 5) is 35.9. The molecule has 1 amide bonds. The molecule has 1 aliphatic heterocycles. The Bertz CT molecular complexity index is 1080. The van der Waals surface area contributed by atoms with E-state index in [9.17, 15) is 14.7 Å². The van der Waals surface area contributed by atoms with Crippen molar-refractivity contribution in [1.82, 2.24) is 14.9 Å². The molecule has 1 aliphatic rings. The average Bonchev–Trinajstić information content (AvgIpc) is 3.11. The number of aromatic nitrogens is 2. The number of fused-ring (bicyclic) bond motifs is 3. The van der Waals surface area contributed by atoms with E-state index in [4.69, 9.17) is 0 Å². The zero-order valence-corrected chi connectivity index (χ0v) is 16.5. The molecule has 0 saturated carbocycles. The second-order valence-electron chi connectivity index (χ2n) is 6.83. The van der Waals surface area contributed by atoms with E-state index in [0.717, 1.165) is 26.2 Å². The van der Waals surface area contributed by atoms with Crippen LogP contribution in [0.1, 0.15) is 28.5 Å². The molecule has 3 heterocycles. The third-order valence-electron chi connectivity index (χ3n) is 5.01. The molecule has 0 saturated heterocycles. The minimum absolute atomic E-state index is 0.0660. The van der Waals surface area contributed by atoms with Gasteiger partial charge in [0, 0.05) is 11.4 Å². The fourth-order valence-corrected chi connectivity index (χ4v) is 4.83. The number of carbonyl (C=O) groups excluding carboxylic acids is 1. The van der Waals surface area contributed by atoms with Crippen molar-refractivity contribution in [2.45, 2.75) is 25.4 Å². The van der Waals surface area contributed by atoms with Gasteiger partial charge in [-0.15, -0.1) is 11.3 Å². The van der Waals surface area contributed by atoms with Crippen LogP contribution in [-0.2, 0) is 22.6 Å². The maximum absolute atomic E-state index is 12.0. The monoisotopic (exact) mass is 408 g/mol. The first-order chi connectivity index (χ1) is 14.1. The molecule has 7 nitrogen and oxygen atoms in total. The van der Waals surface area contributed by atoms with Gasteiger partial charge in [-0.2, -0.15) is 0 Å². The molecule has 148 valence electrons. The normalized spacial score (nSPS) is 14.3. The molecule has 29 heavy (non-hydrogen) atoms. The van der Waals surface area contributed by atoms with Crippen LogP contribution < -0.4 is 5.32 Å². The zero-order chi connectivity index (χ0) is 20.4. The number of rotatable bonds is 6. The van der Waals surface area contributed by atoms with Crippen molar-refractivity contribution >= 4 is 39.2 Å². The summed E-state index contributed by atoms with van der Waals surface area (Å²) in [5, 5.41) is 13.6. The first kappa shape index (κ1) is 19.1. The van der Waals surface area contributed by atoms with Gasteiger partial charge >= 0.3 is 5.97 Å². The van der Waals surface area contributed by atoms with E-state index in [1.807, 2.05) is 30.3 Å². The number of carboxylic acid groups (broad SMARTS) is 1. The van der Waals surface area contributed by atoms with Crippen molar-refractivity contribution in [3.05, 3.63) is 65.3 Å². The third-order valence-corrected chi connectivity index (χ3v) is 6.14. The maximum Gasteiger partial charge on any atom is 0.305 e. The Morgan fingerprint density at radius 2 is 2.10 bits per heavy atom. The van der Waals surface area contributed by atoms with Crippen LogP contribution >= 0.6 is 11.3 Å². The van der Waals surface area contributed by atoms with Crippen LogP contribution in [0.5, 0.6) is 0 Å². The van der Waals surface area contributed by atoms with Gasteiger partial charge in [-0.05, 0) is 23.6 Å². The molecule has 1 atom stereocenters. The van der Waals surface area contributed by atoms with Gasteiger partial charge in [0.2, 0.25) is 5.91 Å². The lowest BCUT2D eigenvalue weighted by Gasteiger charge is -2.26. The predicted octanol–water partition coefficient (Wildman–Crippen LogP) is 3.39. The van der Waals surface area contributed by atoms with Gasteiger partial charge in [0.1, 0.15) is 17.0 Å². The van der Waals surface area contributed by atoms with Gasteiger partial charge in [-0.1, -0.05) is 36.9 Å². The number of aliphatic carboxylic acids is 1. The molecule has 0 aliphatic carbocycles. The summed E-state index contributed by atoms with van der Waals surface area (Å²) in [6, 6.07) is 9.07. The summed E-state index contributed by atoms with van der Waals surface area (Å²) in [5.41, 5.74) is 2.01. The molecule has 4 rings (SSSR count). The number of nitrogens with zero attached hydrogens (tertiary/aromatic N) is 3. The van der Waals surface area contributed by atoms with Gasteiger partial charge < -0.3 is 15.3 Å². The van der Waals surface area contributed by atoms with Crippen molar-refractivity contribution in [3.8, 4) is 0 Å². The second-order valence-corrected chi connectivity index (χ2v) is 7.91. The molecule has 2 aromatic heterocycles. The number of carboxylic acids is 1. The van der Waals surface area contributed by atoms with E-state index in [0.29, 0.717) is 25.3 Å².